The maximum absolute atomic E-state index is 11.9. The van der Waals surface area contributed by atoms with E-state index in [0.29, 0.717) is 11.8 Å². The van der Waals surface area contributed by atoms with Crippen LogP contribution in [-0.4, -0.2) is 18.1 Å². The predicted molar refractivity (Wildman–Crippen MR) is 78.0 cm³/mol. The van der Waals surface area contributed by atoms with Crippen LogP contribution < -0.4 is 15.8 Å². The van der Waals surface area contributed by atoms with Crippen molar-refractivity contribution in [3.8, 4) is 5.75 Å². The van der Waals surface area contributed by atoms with Gasteiger partial charge in [0.05, 0.1) is 0 Å². The summed E-state index contributed by atoms with van der Waals surface area (Å²) in [4.78, 5) is 11.9. The van der Waals surface area contributed by atoms with E-state index in [2.05, 4.69) is 21.2 Å². The van der Waals surface area contributed by atoms with Crippen molar-refractivity contribution in [2.75, 3.05) is 0 Å². The first-order valence-corrected chi connectivity index (χ1v) is 7.28. The maximum Gasteiger partial charge on any atom is 0.260 e. The Balaban J connectivity index is 2.07. The van der Waals surface area contributed by atoms with Crippen molar-refractivity contribution in [3.05, 3.63) is 28.2 Å². The molecule has 0 spiro atoms. The summed E-state index contributed by atoms with van der Waals surface area (Å²) in [7, 11) is 0. The molecule has 1 fully saturated rings. The Kier molecular flexibility index (Phi) is 4.47. The Morgan fingerprint density at radius 1 is 1.47 bits per heavy atom. The van der Waals surface area contributed by atoms with Crippen molar-refractivity contribution < 1.29 is 9.53 Å². The Bertz CT molecular complexity index is 473. The Labute approximate surface area is 121 Å². The molecule has 0 aliphatic heterocycles. The lowest BCUT2D eigenvalue weighted by Gasteiger charge is -2.19. The van der Waals surface area contributed by atoms with E-state index in [1.807, 2.05) is 25.1 Å². The van der Waals surface area contributed by atoms with Crippen LogP contribution in [0.5, 0.6) is 5.75 Å². The number of amides is 1. The standard InChI is InChI=1S/C14H19BrN2O2/c1-8(16)12-6-3-10(15)7-13(12)19-9(2)14(18)17-11-4-5-11/h3,6-9,11H,4-5,16H2,1-2H3,(H,17,18). The van der Waals surface area contributed by atoms with E-state index in [-0.39, 0.29) is 11.9 Å². The van der Waals surface area contributed by atoms with Gasteiger partial charge in [-0.05, 0) is 38.8 Å². The van der Waals surface area contributed by atoms with Gasteiger partial charge in [-0.1, -0.05) is 22.0 Å². The van der Waals surface area contributed by atoms with Gasteiger partial charge < -0.3 is 15.8 Å². The fourth-order valence-electron chi connectivity index (χ4n) is 1.78. The first-order valence-electron chi connectivity index (χ1n) is 6.49. The van der Waals surface area contributed by atoms with Gasteiger partial charge >= 0.3 is 0 Å². The molecule has 5 heteroatoms. The number of hydrogen-bond donors (Lipinski definition) is 2. The second kappa shape index (κ2) is 5.92. The molecule has 4 nitrogen and oxygen atoms in total. The molecule has 1 aliphatic carbocycles. The first-order chi connectivity index (χ1) is 8.97. The summed E-state index contributed by atoms with van der Waals surface area (Å²) in [6.45, 7) is 3.65. The van der Waals surface area contributed by atoms with E-state index in [0.717, 1.165) is 22.9 Å². The summed E-state index contributed by atoms with van der Waals surface area (Å²) >= 11 is 3.40. The van der Waals surface area contributed by atoms with E-state index < -0.39 is 6.10 Å². The molecule has 2 atom stereocenters. The van der Waals surface area contributed by atoms with Crippen LogP contribution in [0.2, 0.25) is 0 Å². The highest BCUT2D eigenvalue weighted by molar-refractivity contribution is 9.10. The topological polar surface area (TPSA) is 64.3 Å². The molecule has 1 saturated carbocycles. The molecule has 0 radical (unpaired) electrons. The fraction of sp³-hybridized carbons (Fsp3) is 0.500. The van der Waals surface area contributed by atoms with Crippen LogP contribution in [0.1, 0.15) is 38.3 Å². The molecule has 3 N–H and O–H groups in total. The zero-order valence-corrected chi connectivity index (χ0v) is 12.7. The summed E-state index contributed by atoms with van der Waals surface area (Å²) in [6.07, 6.45) is 1.62. The lowest BCUT2D eigenvalue weighted by atomic mass is 10.1. The van der Waals surface area contributed by atoms with Crippen molar-refractivity contribution >= 4 is 21.8 Å². The molecule has 1 aromatic rings. The minimum absolute atomic E-state index is 0.0712. The van der Waals surface area contributed by atoms with Crippen LogP contribution in [0.3, 0.4) is 0 Å². The molecule has 0 heterocycles. The van der Waals surface area contributed by atoms with Crippen LogP contribution in [-0.2, 0) is 4.79 Å². The smallest absolute Gasteiger partial charge is 0.260 e. The Morgan fingerprint density at radius 2 is 2.16 bits per heavy atom. The Morgan fingerprint density at radius 3 is 2.74 bits per heavy atom. The number of ether oxygens (including phenoxy) is 1. The average Bonchev–Trinajstić information content (AvgIpc) is 3.12. The van der Waals surface area contributed by atoms with Gasteiger partial charge in [0.1, 0.15) is 5.75 Å². The van der Waals surface area contributed by atoms with Gasteiger partial charge in [0, 0.05) is 22.1 Å². The van der Waals surface area contributed by atoms with Crippen molar-refractivity contribution in [1.29, 1.82) is 0 Å². The largest absolute Gasteiger partial charge is 0.481 e. The monoisotopic (exact) mass is 326 g/mol. The maximum atomic E-state index is 11.9. The molecule has 1 aliphatic rings. The van der Waals surface area contributed by atoms with Crippen molar-refractivity contribution in [3.63, 3.8) is 0 Å². The second-order valence-electron chi connectivity index (χ2n) is 5.01. The first kappa shape index (κ1) is 14.3. The number of hydrogen-bond acceptors (Lipinski definition) is 3. The normalized spacial score (nSPS) is 17.7. The van der Waals surface area contributed by atoms with Crippen LogP contribution in [0.15, 0.2) is 22.7 Å². The summed E-state index contributed by atoms with van der Waals surface area (Å²) in [5.74, 6) is 0.584. The lowest BCUT2D eigenvalue weighted by Crippen LogP contribution is -2.37. The third-order valence-electron chi connectivity index (χ3n) is 3.06. The molecule has 0 aromatic heterocycles. The highest BCUT2D eigenvalue weighted by atomic mass is 79.9. The van der Waals surface area contributed by atoms with E-state index in [1.165, 1.54) is 0 Å². The van der Waals surface area contributed by atoms with Gasteiger partial charge in [0.2, 0.25) is 0 Å². The van der Waals surface area contributed by atoms with Gasteiger partial charge in [-0.2, -0.15) is 0 Å². The zero-order chi connectivity index (χ0) is 14.0. The quantitative estimate of drug-likeness (QED) is 0.873. The van der Waals surface area contributed by atoms with Crippen LogP contribution in [0.4, 0.5) is 0 Å². The number of carbonyl (C=O) groups excluding carboxylic acids is 1. The van der Waals surface area contributed by atoms with Gasteiger partial charge in [0.15, 0.2) is 6.10 Å². The average molecular weight is 327 g/mol. The number of nitrogens with one attached hydrogen (secondary N) is 1. The summed E-state index contributed by atoms with van der Waals surface area (Å²) in [5, 5.41) is 2.93. The number of nitrogens with two attached hydrogens (primary N) is 1. The molecule has 0 bridgehead atoms. The van der Waals surface area contributed by atoms with Crippen LogP contribution >= 0.6 is 15.9 Å². The summed E-state index contributed by atoms with van der Waals surface area (Å²) in [5.41, 5.74) is 6.81. The number of benzene rings is 1. The van der Waals surface area contributed by atoms with Gasteiger partial charge in [0.25, 0.3) is 5.91 Å². The van der Waals surface area contributed by atoms with Crippen molar-refractivity contribution in [1.82, 2.24) is 5.32 Å². The lowest BCUT2D eigenvalue weighted by molar-refractivity contribution is -0.127. The third-order valence-corrected chi connectivity index (χ3v) is 3.56. The fourth-order valence-corrected chi connectivity index (χ4v) is 2.12. The van der Waals surface area contributed by atoms with E-state index in [1.54, 1.807) is 6.92 Å². The van der Waals surface area contributed by atoms with Gasteiger partial charge in [-0.15, -0.1) is 0 Å². The molecule has 0 saturated heterocycles. The summed E-state index contributed by atoms with van der Waals surface area (Å²) < 4.78 is 6.66. The highest BCUT2D eigenvalue weighted by Crippen LogP contribution is 2.28. The molecule has 2 rings (SSSR count). The SMILES string of the molecule is CC(Oc1cc(Br)ccc1C(C)N)C(=O)NC1CC1. The summed E-state index contributed by atoms with van der Waals surface area (Å²) in [6, 6.07) is 5.88. The zero-order valence-electron chi connectivity index (χ0n) is 11.2. The molecule has 1 amide bonds. The minimum atomic E-state index is -0.521. The second-order valence-corrected chi connectivity index (χ2v) is 5.93. The third kappa shape index (κ3) is 3.94. The van der Waals surface area contributed by atoms with Crippen LogP contribution in [0, 0.1) is 0 Å². The number of carbonyl (C=O) groups is 1. The van der Waals surface area contributed by atoms with E-state index in [9.17, 15) is 4.79 Å². The van der Waals surface area contributed by atoms with Gasteiger partial charge in [-0.25, -0.2) is 0 Å². The molecule has 104 valence electrons. The predicted octanol–water partition coefficient (Wildman–Crippen LogP) is 2.51. The van der Waals surface area contributed by atoms with Gasteiger partial charge in [-0.3, -0.25) is 4.79 Å². The molecule has 2 unspecified atom stereocenters. The molecular weight excluding hydrogens is 308 g/mol. The highest BCUT2D eigenvalue weighted by Gasteiger charge is 2.26. The van der Waals surface area contributed by atoms with Crippen molar-refractivity contribution in [2.45, 2.75) is 44.9 Å². The number of halogens is 1. The molecule has 1 aromatic carbocycles. The minimum Gasteiger partial charge on any atom is -0.481 e. The number of rotatable bonds is 5. The van der Waals surface area contributed by atoms with Crippen LogP contribution in [0.25, 0.3) is 0 Å². The van der Waals surface area contributed by atoms with E-state index >= 15 is 0 Å². The van der Waals surface area contributed by atoms with E-state index in [4.69, 9.17) is 10.5 Å². The van der Waals surface area contributed by atoms with Crippen molar-refractivity contribution in [2.24, 2.45) is 5.73 Å². The Hall–Kier alpha value is -1.07. The molecule has 19 heavy (non-hydrogen) atoms. The molecular formula is C14H19BrN2O2.